The van der Waals surface area contributed by atoms with E-state index in [9.17, 15) is 4.79 Å². The molecule has 2 aliphatic rings. The molecule has 0 radical (unpaired) electrons. The predicted molar refractivity (Wildman–Crippen MR) is 104 cm³/mol. The van der Waals surface area contributed by atoms with Crippen molar-refractivity contribution in [2.75, 3.05) is 6.54 Å². The van der Waals surface area contributed by atoms with Crippen LogP contribution in [0.3, 0.4) is 0 Å². The van der Waals surface area contributed by atoms with Crippen LogP contribution in [-0.4, -0.2) is 33.2 Å². The number of halogens is 1. The van der Waals surface area contributed by atoms with Gasteiger partial charge >= 0.3 is 0 Å². The fourth-order valence-corrected chi connectivity index (χ4v) is 4.88. The van der Waals surface area contributed by atoms with Gasteiger partial charge in [-0.25, -0.2) is 0 Å². The number of amides is 1. The van der Waals surface area contributed by atoms with Gasteiger partial charge in [0.05, 0.1) is 17.5 Å². The van der Waals surface area contributed by atoms with Gasteiger partial charge in [-0.2, -0.15) is 5.10 Å². The number of hydrogen-bond donors (Lipinski definition) is 0. The fourth-order valence-electron chi connectivity index (χ4n) is 4.76. The van der Waals surface area contributed by atoms with Crippen molar-refractivity contribution in [3.8, 4) is 11.3 Å². The number of aryl methyl sites for hydroxylation is 2. The standard InChI is InChI=1S/C21H26ClN3O/c1-14-12-16(9-10-18(14)22)20-17(13-23-24(20)2)21(26)25-11-5-7-15-6-3-4-8-19(15)25/h9-10,12-13,15,19H,3-8,11H2,1-2H3. The maximum atomic E-state index is 13.5. The van der Waals surface area contributed by atoms with Gasteiger partial charge in [0, 0.05) is 30.2 Å². The Balaban J connectivity index is 1.69. The Morgan fingerprint density at radius 2 is 1.96 bits per heavy atom. The van der Waals surface area contributed by atoms with Gasteiger partial charge in [0.1, 0.15) is 0 Å². The maximum absolute atomic E-state index is 13.5. The van der Waals surface area contributed by atoms with Crippen LogP contribution >= 0.6 is 11.6 Å². The number of carbonyl (C=O) groups is 1. The van der Waals surface area contributed by atoms with Gasteiger partial charge in [-0.15, -0.1) is 0 Å². The lowest BCUT2D eigenvalue weighted by molar-refractivity contribution is 0.0391. The van der Waals surface area contributed by atoms with Crippen molar-refractivity contribution in [3.05, 3.63) is 40.5 Å². The van der Waals surface area contributed by atoms with E-state index in [4.69, 9.17) is 11.6 Å². The molecular formula is C21H26ClN3O. The summed E-state index contributed by atoms with van der Waals surface area (Å²) >= 11 is 6.18. The van der Waals surface area contributed by atoms with E-state index < -0.39 is 0 Å². The Labute approximate surface area is 160 Å². The Morgan fingerprint density at radius 1 is 1.19 bits per heavy atom. The maximum Gasteiger partial charge on any atom is 0.257 e. The lowest BCUT2D eigenvalue weighted by Gasteiger charge is -2.44. The minimum atomic E-state index is 0.136. The summed E-state index contributed by atoms with van der Waals surface area (Å²) in [6, 6.07) is 6.31. The van der Waals surface area contributed by atoms with Crippen molar-refractivity contribution in [2.24, 2.45) is 13.0 Å². The molecule has 2 heterocycles. The molecule has 1 aliphatic carbocycles. The number of nitrogens with zero attached hydrogens (tertiary/aromatic N) is 3. The highest BCUT2D eigenvalue weighted by Gasteiger charge is 2.37. The molecule has 1 aliphatic heterocycles. The van der Waals surface area contributed by atoms with Crippen molar-refractivity contribution in [1.29, 1.82) is 0 Å². The molecule has 26 heavy (non-hydrogen) atoms. The molecule has 1 aromatic heterocycles. The van der Waals surface area contributed by atoms with Gasteiger partial charge in [0.2, 0.25) is 0 Å². The number of piperidine rings is 1. The molecule has 1 saturated carbocycles. The van der Waals surface area contributed by atoms with Gasteiger partial charge < -0.3 is 4.90 Å². The van der Waals surface area contributed by atoms with Crippen molar-refractivity contribution < 1.29 is 4.79 Å². The summed E-state index contributed by atoms with van der Waals surface area (Å²) in [4.78, 5) is 15.6. The van der Waals surface area contributed by atoms with Crippen LogP contribution in [0.4, 0.5) is 0 Å². The van der Waals surface area contributed by atoms with E-state index in [2.05, 4.69) is 10.00 Å². The fraction of sp³-hybridized carbons (Fsp3) is 0.524. The Bertz CT molecular complexity index is 827. The van der Waals surface area contributed by atoms with Crippen LogP contribution < -0.4 is 0 Å². The molecule has 0 bridgehead atoms. The van der Waals surface area contributed by atoms with E-state index in [0.717, 1.165) is 41.2 Å². The highest BCUT2D eigenvalue weighted by atomic mass is 35.5. The first-order chi connectivity index (χ1) is 12.6. The summed E-state index contributed by atoms with van der Waals surface area (Å²) in [5, 5.41) is 5.14. The zero-order valence-corrected chi connectivity index (χ0v) is 16.3. The molecule has 4 rings (SSSR count). The van der Waals surface area contributed by atoms with E-state index in [0.29, 0.717) is 17.5 Å². The number of carbonyl (C=O) groups excluding carboxylic acids is 1. The summed E-state index contributed by atoms with van der Waals surface area (Å²) in [5.74, 6) is 0.816. The molecule has 2 unspecified atom stereocenters. The molecule has 0 spiro atoms. The molecular weight excluding hydrogens is 346 g/mol. The van der Waals surface area contributed by atoms with Crippen LogP contribution in [0.1, 0.15) is 54.4 Å². The zero-order chi connectivity index (χ0) is 18.3. The van der Waals surface area contributed by atoms with E-state index >= 15 is 0 Å². The van der Waals surface area contributed by atoms with Crippen LogP contribution in [0.15, 0.2) is 24.4 Å². The second-order valence-corrected chi connectivity index (χ2v) is 8.15. The molecule has 5 heteroatoms. The molecule has 2 aromatic rings. The minimum absolute atomic E-state index is 0.136. The minimum Gasteiger partial charge on any atom is -0.335 e. The van der Waals surface area contributed by atoms with Crippen molar-refractivity contribution >= 4 is 17.5 Å². The summed E-state index contributed by atoms with van der Waals surface area (Å²) in [5.41, 5.74) is 3.59. The number of benzene rings is 1. The van der Waals surface area contributed by atoms with Crippen LogP contribution in [0.2, 0.25) is 5.02 Å². The Morgan fingerprint density at radius 3 is 2.77 bits per heavy atom. The van der Waals surface area contributed by atoms with Crippen molar-refractivity contribution in [1.82, 2.24) is 14.7 Å². The molecule has 1 amide bonds. The third-order valence-electron chi connectivity index (χ3n) is 6.10. The average Bonchev–Trinajstić information content (AvgIpc) is 3.04. The second kappa shape index (κ2) is 7.07. The van der Waals surface area contributed by atoms with E-state index in [-0.39, 0.29) is 5.91 Å². The lowest BCUT2D eigenvalue weighted by atomic mass is 9.78. The largest absolute Gasteiger partial charge is 0.335 e. The third kappa shape index (κ3) is 3.05. The first kappa shape index (κ1) is 17.6. The van der Waals surface area contributed by atoms with Gasteiger partial charge in [0.15, 0.2) is 0 Å². The van der Waals surface area contributed by atoms with E-state index in [1.165, 1.54) is 25.7 Å². The smallest absolute Gasteiger partial charge is 0.257 e. The SMILES string of the molecule is Cc1cc(-c2c(C(=O)N3CCCC4CCCCC43)cnn2C)ccc1Cl. The lowest BCUT2D eigenvalue weighted by Crippen LogP contribution is -2.49. The molecule has 2 fully saturated rings. The highest BCUT2D eigenvalue weighted by Crippen LogP contribution is 2.37. The number of likely N-dealkylation sites (tertiary alicyclic amines) is 1. The summed E-state index contributed by atoms with van der Waals surface area (Å²) in [6.45, 7) is 2.86. The number of hydrogen-bond acceptors (Lipinski definition) is 2. The molecule has 0 N–H and O–H groups in total. The molecule has 2 atom stereocenters. The molecule has 138 valence electrons. The Hall–Kier alpha value is -1.81. The normalized spacial score (nSPS) is 23.0. The van der Waals surface area contributed by atoms with Gasteiger partial charge in [-0.1, -0.05) is 30.5 Å². The molecule has 1 aromatic carbocycles. The van der Waals surface area contributed by atoms with Gasteiger partial charge in [0.25, 0.3) is 5.91 Å². The van der Waals surface area contributed by atoms with Crippen LogP contribution in [0, 0.1) is 12.8 Å². The monoisotopic (exact) mass is 371 g/mol. The van der Waals surface area contributed by atoms with Crippen LogP contribution in [0.25, 0.3) is 11.3 Å². The highest BCUT2D eigenvalue weighted by molar-refractivity contribution is 6.31. The van der Waals surface area contributed by atoms with Crippen molar-refractivity contribution in [3.63, 3.8) is 0 Å². The first-order valence-corrected chi connectivity index (χ1v) is 10.0. The summed E-state index contributed by atoms with van der Waals surface area (Å²) < 4.78 is 1.80. The van der Waals surface area contributed by atoms with E-state index in [1.807, 2.05) is 32.2 Å². The van der Waals surface area contributed by atoms with Gasteiger partial charge in [-0.05, 0) is 56.2 Å². The molecule has 4 nitrogen and oxygen atoms in total. The van der Waals surface area contributed by atoms with Gasteiger partial charge in [-0.3, -0.25) is 9.48 Å². The topological polar surface area (TPSA) is 38.1 Å². The third-order valence-corrected chi connectivity index (χ3v) is 6.53. The van der Waals surface area contributed by atoms with E-state index in [1.54, 1.807) is 10.9 Å². The van der Waals surface area contributed by atoms with Crippen LogP contribution in [0.5, 0.6) is 0 Å². The van der Waals surface area contributed by atoms with Crippen molar-refractivity contribution in [2.45, 2.75) is 51.5 Å². The number of aromatic nitrogens is 2. The number of fused-ring (bicyclic) bond motifs is 1. The second-order valence-electron chi connectivity index (χ2n) is 7.75. The Kier molecular flexibility index (Phi) is 4.78. The summed E-state index contributed by atoms with van der Waals surface area (Å²) in [6.07, 6.45) is 9.07. The van der Waals surface area contributed by atoms with Crippen LogP contribution in [-0.2, 0) is 7.05 Å². The molecule has 1 saturated heterocycles. The average molecular weight is 372 g/mol. The quantitative estimate of drug-likeness (QED) is 0.757. The first-order valence-electron chi connectivity index (χ1n) is 9.65. The number of rotatable bonds is 2. The summed E-state index contributed by atoms with van der Waals surface area (Å²) in [7, 11) is 1.90. The zero-order valence-electron chi connectivity index (χ0n) is 15.5. The predicted octanol–water partition coefficient (Wildman–Crippen LogP) is 4.84.